The number of esters is 1. The molecule has 1 heterocycles. The molecule has 0 bridgehead atoms. The number of amides is 1. The largest absolute Gasteiger partial charge is 0.456 e. The van der Waals surface area contributed by atoms with E-state index in [1.807, 2.05) is 0 Å². The third kappa shape index (κ3) is 5.44. The Hall–Kier alpha value is -2.12. The lowest BCUT2D eigenvalue weighted by Crippen LogP contribution is -2.44. The van der Waals surface area contributed by atoms with Crippen LogP contribution in [0.5, 0.6) is 0 Å². The van der Waals surface area contributed by atoms with Gasteiger partial charge in [0, 0.05) is 17.0 Å². The van der Waals surface area contributed by atoms with Crippen LogP contribution >= 0.6 is 11.6 Å². The Kier molecular flexibility index (Phi) is 6.26. The van der Waals surface area contributed by atoms with Crippen molar-refractivity contribution in [2.24, 2.45) is 0 Å². The monoisotopic (exact) mass is 383 g/mol. The zero-order chi connectivity index (χ0) is 19.5. The second-order valence-electron chi connectivity index (χ2n) is 7.08. The molecule has 142 valence electrons. The fourth-order valence-electron chi connectivity index (χ4n) is 2.51. The molecule has 0 radical (unpaired) electrons. The van der Waals surface area contributed by atoms with Crippen LogP contribution in [-0.4, -0.2) is 58.8 Å². The molecule has 0 saturated carbocycles. The van der Waals surface area contributed by atoms with Crippen molar-refractivity contribution in [2.45, 2.75) is 44.9 Å². The predicted octanol–water partition coefficient (Wildman–Crippen LogP) is 2.44. The summed E-state index contributed by atoms with van der Waals surface area (Å²) in [7, 11) is 0. The minimum Gasteiger partial charge on any atom is -0.456 e. The maximum absolute atomic E-state index is 12.3. The van der Waals surface area contributed by atoms with Crippen molar-refractivity contribution >= 4 is 29.4 Å². The Balaban J connectivity index is 1.97. The number of carbonyl (C=O) groups is 3. The van der Waals surface area contributed by atoms with Gasteiger partial charge in [-0.15, -0.1) is 0 Å². The number of likely N-dealkylation sites (tertiary alicyclic amines) is 1. The summed E-state index contributed by atoms with van der Waals surface area (Å²) in [5.74, 6) is -1.15. The van der Waals surface area contributed by atoms with Gasteiger partial charge in [-0.3, -0.25) is 9.69 Å². The number of rotatable bonds is 4. The first-order valence-corrected chi connectivity index (χ1v) is 8.57. The fourth-order valence-corrected chi connectivity index (χ4v) is 2.64. The molecule has 7 nitrogen and oxygen atoms in total. The number of carbonyl (C=O) groups excluding carboxylic acids is 3. The van der Waals surface area contributed by atoms with Crippen LogP contribution in [0.4, 0.5) is 4.79 Å². The number of aliphatic hydroxyl groups excluding tert-OH is 1. The van der Waals surface area contributed by atoms with Crippen molar-refractivity contribution in [3.63, 3.8) is 0 Å². The molecule has 2 rings (SSSR count). The summed E-state index contributed by atoms with van der Waals surface area (Å²) in [6.07, 6.45) is -1.53. The van der Waals surface area contributed by atoms with Crippen molar-refractivity contribution in [3.8, 4) is 0 Å². The molecule has 1 aliphatic rings. The highest BCUT2D eigenvalue weighted by Gasteiger charge is 2.42. The highest BCUT2D eigenvalue weighted by Crippen LogP contribution is 2.22. The number of nitrogens with zero attached hydrogens (tertiary/aromatic N) is 1. The van der Waals surface area contributed by atoms with Crippen LogP contribution in [0.2, 0.25) is 5.02 Å². The average Bonchev–Trinajstić information content (AvgIpc) is 2.93. The standard InChI is InChI=1S/C18H22ClNO6/c1-18(2,3)26-17(24)20-9-13(21)8-14(20)16(23)25-10-15(22)11-4-6-12(19)7-5-11/h4-7,13-14,21H,8-10H2,1-3H3/t13-,14-/m0/s1. The topological polar surface area (TPSA) is 93.1 Å². The second kappa shape index (κ2) is 8.05. The van der Waals surface area contributed by atoms with Gasteiger partial charge in [-0.25, -0.2) is 9.59 Å². The third-order valence-corrected chi connectivity index (χ3v) is 3.94. The molecule has 0 aliphatic carbocycles. The zero-order valence-electron chi connectivity index (χ0n) is 14.9. The number of Topliss-reactive ketones (excluding diaryl/α,β-unsaturated/α-hetero) is 1. The first-order valence-electron chi connectivity index (χ1n) is 8.20. The van der Waals surface area contributed by atoms with E-state index < -0.39 is 42.2 Å². The van der Waals surface area contributed by atoms with Crippen molar-refractivity contribution < 1.29 is 29.0 Å². The molecule has 0 aromatic heterocycles. The summed E-state index contributed by atoms with van der Waals surface area (Å²) in [6, 6.07) is 5.20. The second-order valence-corrected chi connectivity index (χ2v) is 7.51. The first-order chi connectivity index (χ1) is 12.1. The molecule has 2 atom stereocenters. The molecule has 1 N–H and O–H groups in total. The quantitative estimate of drug-likeness (QED) is 0.634. The molecule has 1 aromatic rings. The van der Waals surface area contributed by atoms with E-state index in [2.05, 4.69) is 0 Å². The number of ketones is 1. The van der Waals surface area contributed by atoms with E-state index in [0.717, 1.165) is 4.90 Å². The van der Waals surface area contributed by atoms with Crippen LogP contribution in [0.15, 0.2) is 24.3 Å². The van der Waals surface area contributed by atoms with E-state index >= 15 is 0 Å². The highest BCUT2D eigenvalue weighted by molar-refractivity contribution is 6.30. The summed E-state index contributed by atoms with van der Waals surface area (Å²) in [4.78, 5) is 37.7. The van der Waals surface area contributed by atoms with Gasteiger partial charge in [0.1, 0.15) is 11.6 Å². The minimum atomic E-state index is -0.988. The number of halogens is 1. The SMILES string of the molecule is CC(C)(C)OC(=O)N1C[C@@H](O)C[C@H]1C(=O)OCC(=O)c1ccc(Cl)cc1. The van der Waals surface area contributed by atoms with Gasteiger partial charge in [0.15, 0.2) is 12.4 Å². The average molecular weight is 384 g/mol. The maximum atomic E-state index is 12.3. The Bertz CT molecular complexity index is 682. The van der Waals surface area contributed by atoms with Crippen LogP contribution in [0.1, 0.15) is 37.6 Å². The zero-order valence-corrected chi connectivity index (χ0v) is 15.7. The predicted molar refractivity (Wildman–Crippen MR) is 94.1 cm³/mol. The lowest BCUT2D eigenvalue weighted by molar-refractivity contribution is -0.147. The van der Waals surface area contributed by atoms with Crippen LogP contribution in [0, 0.1) is 0 Å². The summed E-state index contributed by atoms with van der Waals surface area (Å²) < 4.78 is 10.3. The Labute approximate surface area is 156 Å². The van der Waals surface area contributed by atoms with Gasteiger partial charge >= 0.3 is 12.1 Å². The van der Waals surface area contributed by atoms with E-state index in [4.69, 9.17) is 21.1 Å². The van der Waals surface area contributed by atoms with Gasteiger partial charge in [0.2, 0.25) is 0 Å². The maximum Gasteiger partial charge on any atom is 0.411 e. The van der Waals surface area contributed by atoms with Gasteiger partial charge in [0.05, 0.1) is 12.6 Å². The minimum absolute atomic E-state index is 0.0280. The molecule has 8 heteroatoms. The van der Waals surface area contributed by atoms with Crippen molar-refractivity contribution in [2.75, 3.05) is 13.2 Å². The molecular formula is C18H22ClNO6. The first kappa shape index (κ1) is 20.2. The van der Waals surface area contributed by atoms with Gasteiger partial charge in [-0.1, -0.05) is 11.6 Å². The van der Waals surface area contributed by atoms with Crippen molar-refractivity contribution in [3.05, 3.63) is 34.9 Å². The molecule has 1 fully saturated rings. The van der Waals surface area contributed by atoms with Crippen LogP contribution in [0.3, 0.4) is 0 Å². The molecular weight excluding hydrogens is 362 g/mol. The molecule has 1 aromatic carbocycles. The molecule has 1 amide bonds. The Morgan fingerprint density at radius 2 is 1.85 bits per heavy atom. The molecule has 1 saturated heterocycles. The molecule has 26 heavy (non-hydrogen) atoms. The van der Waals surface area contributed by atoms with E-state index in [9.17, 15) is 19.5 Å². The summed E-state index contributed by atoms with van der Waals surface area (Å²) >= 11 is 5.77. The van der Waals surface area contributed by atoms with Crippen LogP contribution in [0.25, 0.3) is 0 Å². The number of β-amino-alcohol motifs (C(OH)–C–C–N with tert-alkyl or cyclic N) is 1. The number of benzene rings is 1. The van der Waals surface area contributed by atoms with E-state index in [1.54, 1.807) is 32.9 Å². The fraction of sp³-hybridized carbons (Fsp3) is 0.500. The van der Waals surface area contributed by atoms with Crippen molar-refractivity contribution in [1.29, 1.82) is 0 Å². The van der Waals surface area contributed by atoms with Gasteiger partial charge in [-0.05, 0) is 45.0 Å². The Morgan fingerprint density at radius 1 is 1.23 bits per heavy atom. The van der Waals surface area contributed by atoms with Gasteiger partial charge < -0.3 is 14.6 Å². The number of ether oxygens (including phenoxy) is 2. The summed E-state index contributed by atoms with van der Waals surface area (Å²) in [6.45, 7) is 4.62. The molecule has 1 aliphatic heterocycles. The van der Waals surface area contributed by atoms with Gasteiger partial charge in [0.25, 0.3) is 0 Å². The van der Waals surface area contributed by atoms with E-state index in [1.165, 1.54) is 12.1 Å². The number of hydrogen-bond acceptors (Lipinski definition) is 6. The third-order valence-electron chi connectivity index (χ3n) is 3.69. The number of aliphatic hydroxyl groups is 1. The molecule has 0 unspecified atom stereocenters. The highest BCUT2D eigenvalue weighted by atomic mass is 35.5. The lowest BCUT2D eigenvalue weighted by atomic mass is 10.1. The van der Waals surface area contributed by atoms with Crippen molar-refractivity contribution in [1.82, 2.24) is 4.90 Å². The summed E-state index contributed by atoms with van der Waals surface area (Å²) in [5.41, 5.74) is -0.374. The molecule has 0 spiro atoms. The van der Waals surface area contributed by atoms with Crippen LogP contribution < -0.4 is 0 Å². The van der Waals surface area contributed by atoms with E-state index in [0.29, 0.717) is 10.6 Å². The Morgan fingerprint density at radius 3 is 2.42 bits per heavy atom. The van der Waals surface area contributed by atoms with Gasteiger partial charge in [-0.2, -0.15) is 0 Å². The van der Waals surface area contributed by atoms with Crippen LogP contribution in [-0.2, 0) is 14.3 Å². The normalized spacial score (nSPS) is 20.0. The van der Waals surface area contributed by atoms with E-state index in [-0.39, 0.29) is 13.0 Å². The smallest absolute Gasteiger partial charge is 0.411 e. The lowest BCUT2D eigenvalue weighted by Gasteiger charge is -2.27. The number of hydrogen-bond donors (Lipinski definition) is 1. The summed E-state index contributed by atoms with van der Waals surface area (Å²) in [5, 5.41) is 10.3.